The molecule has 0 bridgehead atoms. The molecule has 100 valence electrons. The number of carboxylic acids is 1. The van der Waals surface area contributed by atoms with E-state index in [4.69, 9.17) is 5.11 Å². The lowest BCUT2D eigenvalue weighted by Crippen LogP contribution is -2.42. The third-order valence-corrected chi connectivity index (χ3v) is 2.38. The van der Waals surface area contributed by atoms with E-state index in [0.717, 1.165) is 7.11 Å². The van der Waals surface area contributed by atoms with Crippen LogP contribution in [0.15, 0.2) is 48.0 Å². The average molecular weight is 264 g/mol. The average Bonchev–Trinajstić information content (AvgIpc) is 2.90. The molecule has 19 heavy (non-hydrogen) atoms. The first-order valence-corrected chi connectivity index (χ1v) is 5.37. The van der Waals surface area contributed by atoms with Gasteiger partial charge in [0.1, 0.15) is 0 Å². The number of nitrogens with zero attached hydrogens (tertiary/aromatic N) is 2. The highest BCUT2D eigenvalue weighted by molar-refractivity contribution is 5.73. The van der Waals surface area contributed by atoms with Gasteiger partial charge in [-0.1, -0.05) is 30.3 Å². The van der Waals surface area contributed by atoms with Crippen LogP contribution in [0, 0.1) is 4.91 Å². The monoisotopic (exact) mass is 264 g/mol. The number of rotatable bonds is 4. The Morgan fingerprint density at radius 3 is 2.42 bits per heavy atom. The maximum absolute atomic E-state index is 11.3. The smallest absolute Gasteiger partial charge is 0.354 e. The Labute approximate surface area is 109 Å². The fourth-order valence-electron chi connectivity index (χ4n) is 1.63. The topological polar surface area (TPSA) is 107 Å². The largest absolute Gasteiger partial charge is 0.478 e. The maximum atomic E-state index is 11.3. The van der Waals surface area contributed by atoms with E-state index >= 15 is 0 Å². The molecule has 1 aromatic heterocycles. The molecular weight excluding hydrogens is 250 g/mol. The number of aliphatic hydroxyl groups excluding tert-OH is 1. The summed E-state index contributed by atoms with van der Waals surface area (Å²) in [4.78, 5) is 24.1. The van der Waals surface area contributed by atoms with E-state index in [-0.39, 0.29) is 5.82 Å². The lowest BCUT2D eigenvalue weighted by Gasteiger charge is -2.08. The molecule has 0 amide bonds. The van der Waals surface area contributed by atoms with E-state index in [0.29, 0.717) is 5.56 Å². The second-order valence-corrected chi connectivity index (χ2v) is 3.48. The van der Waals surface area contributed by atoms with Gasteiger partial charge in [0.05, 0.1) is 0 Å². The van der Waals surface area contributed by atoms with Gasteiger partial charge in [0.15, 0.2) is 6.20 Å². The first kappa shape index (κ1) is 14.5. The zero-order valence-electron chi connectivity index (χ0n) is 10.2. The minimum absolute atomic E-state index is 0.0900. The van der Waals surface area contributed by atoms with Crippen molar-refractivity contribution in [2.45, 2.75) is 6.04 Å². The molecule has 1 heterocycles. The van der Waals surface area contributed by atoms with Crippen molar-refractivity contribution in [2.24, 2.45) is 5.18 Å². The summed E-state index contributed by atoms with van der Waals surface area (Å²) in [5.74, 6) is -0.912. The summed E-state index contributed by atoms with van der Waals surface area (Å²) >= 11 is 0. The molecular formula is C12H14N3O4+. The molecule has 3 N–H and O–H groups in total. The van der Waals surface area contributed by atoms with Crippen LogP contribution in [0.25, 0.3) is 0 Å². The first-order chi connectivity index (χ1) is 9.22. The Bertz CT molecular complexity index is 539. The number of benzene rings is 1. The van der Waals surface area contributed by atoms with Gasteiger partial charge in [0.25, 0.3) is 5.82 Å². The number of aliphatic hydroxyl groups is 1. The van der Waals surface area contributed by atoms with E-state index < -0.39 is 12.0 Å². The van der Waals surface area contributed by atoms with E-state index in [1.165, 1.54) is 17.1 Å². The van der Waals surface area contributed by atoms with Gasteiger partial charge in [-0.05, 0) is 0 Å². The van der Waals surface area contributed by atoms with Gasteiger partial charge in [0.2, 0.25) is 12.4 Å². The van der Waals surface area contributed by atoms with Crippen LogP contribution in [-0.2, 0) is 4.79 Å². The molecule has 0 aliphatic carbocycles. The van der Waals surface area contributed by atoms with Crippen LogP contribution in [0.2, 0.25) is 0 Å². The molecule has 1 atom stereocenters. The van der Waals surface area contributed by atoms with Crippen LogP contribution in [0.1, 0.15) is 11.6 Å². The number of carboxylic acid groups (broad SMARTS) is 1. The second kappa shape index (κ2) is 7.02. The van der Waals surface area contributed by atoms with Crippen molar-refractivity contribution >= 4 is 11.8 Å². The maximum Gasteiger partial charge on any atom is 0.354 e. The van der Waals surface area contributed by atoms with Crippen molar-refractivity contribution < 1.29 is 19.6 Å². The molecule has 0 saturated heterocycles. The summed E-state index contributed by atoms with van der Waals surface area (Å²) in [5, 5.41) is 18.9. The molecule has 1 unspecified atom stereocenters. The SMILES string of the molecule is CO.O=Nc1c[n+](C(C(=O)O)c2ccccc2)c[nH]1. The van der Waals surface area contributed by atoms with Crippen LogP contribution in [0.3, 0.4) is 0 Å². The fourth-order valence-corrected chi connectivity index (χ4v) is 1.63. The van der Waals surface area contributed by atoms with Crippen molar-refractivity contribution in [3.05, 3.63) is 53.3 Å². The summed E-state index contributed by atoms with van der Waals surface area (Å²) in [6.45, 7) is 0. The zero-order chi connectivity index (χ0) is 14.3. The summed E-state index contributed by atoms with van der Waals surface area (Å²) in [6.07, 6.45) is 2.77. The van der Waals surface area contributed by atoms with Gasteiger partial charge >= 0.3 is 5.97 Å². The number of carbonyl (C=O) groups is 1. The van der Waals surface area contributed by atoms with Crippen LogP contribution in [0.5, 0.6) is 0 Å². The lowest BCUT2D eigenvalue weighted by atomic mass is 10.1. The molecule has 0 aliphatic rings. The highest BCUT2D eigenvalue weighted by Crippen LogP contribution is 2.13. The van der Waals surface area contributed by atoms with E-state index in [1.54, 1.807) is 24.3 Å². The third-order valence-electron chi connectivity index (χ3n) is 2.38. The second-order valence-electron chi connectivity index (χ2n) is 3.48. The minimum Gasteiger partial charge on any atom is -0.478 e. The van der Waals surface area contributed by atoms with Crippen molar-refractivity contribution in [1.82, 2.24) is 4.98 Å². The number of imidazole rings is 1. The number of nitrogens with one attached hydrogen (secondary N) is 1. The molecule has 7 heteroatoms. The zero-order valence-corrected chi connectivity index (χ0v) is 10.2. The van der Waals surface area contributed by atoms with Crippen LogP contribution in [-0.4, -0.2) is 28.3 Å². The van der Waals surface area contributed by atoms with E-state index in [1.807, 2.05) is 6.07 Å². The Balaban J connectivity index is 0.000000861. The number of H-pyrrole nitrogens is 1. The quantitative estimate of drug-likeness (QED) is 0.565. The fraction of sp³-hybridized carbons (Fsp3) is 0.167. The van der Waals surface area contributed by atoms with Gasteiger partial charge in [-0.25, -0.2) is 14.3 Å². The molecule has 0 aliphatic heterocycles. The predicted octanol–water partition coefficient (Wildman–Crippen LogP) is 0.983. The van der Waals surface area contributed by atoms with E-state index in [2.05, 4.69) is 10.2 Å². The van der Waals surface area contributed by atoms with Crippen LogP contribution in [0.4, 0.5) is 5.82 Å². The van der Waals surface area contributed by atoms with Crippen molar-refractivity contribution in [2.75, 3.05) is 7.11 Å². The number of aliphatic carboxylic acids is 1. The first-order valence-electron chi connectivity index (χ1n) is 5.37. The lowest BCUT2D eigenvalue weighted by molar-refractivity contribution is -0.700. The molecule has 0 saturated carbocycles. The van der Waals surface area contributed by atoms with Gasteiger partial charge in [-0.15, -0.1) is 4.91 Å². The van der Waals surface area contributed by atoms with E-state index in [9.17, 15) is 14.8 Å². The Morgan fingerprint density at radius 2 is 1.95 bits per heavy atom. The van der Waals surface area contributed by atoms with Crippen molar-refractivity contribution in [1.29, 1.82) is 0 Å². The van der Waals surface area contributed by atoms with Gasteiger partial charge in [-0.3, -0.25) is 0 Å². The molecule has 2 rings (SSSR count). The Morgan fingerprint density at radius 1 is 1.32 bits per heavy atom. The number of aromatic nitrogens is 2. The molecule has 0 radical (unpaired) electrons. The summed E-state index contributed by atoms with van der Waals surface area (Å²) in [5.41, 5.74) is 0.626. The van der Waals surface area contributed by atoms with Gasteiger partial charge in [0, 0.05) is 17.9 Å². The summed E-state index contributed by atoms with van der Waals surface area (Å²) in [6, 6.07) is 7.89. The van der Waals surface area contributed by atoms with Gasteiger partial charge in [-0.2, -0.15) is 0 Å². The van der Waals surface area contributed by atoms with Crippen molar-refractivity contribution in [3.8, 4) is 0 Å². The third kappa shape index (κ3) is 3.46. The van der Waals surface area contributed by atoms with Gasteiger partial charge < -0.3 is 10.2 Å². The number of hydrogen-bond donors (Lipinski definition) is 3. The van der Waals surface area contributed by atoms with Crippen LogP contribution < -0.4 is 4.57 Å². The van der Waals surface area contributed by atoms with Crippen molar-refractivity contribution in [3.63, 3.8) is 0 Å². The molecule has 2 aromatic rings. The summed E-state index contributed by atoms with van der Waals surface area (Å²) in [7, 11) is 1.00. The number of aromatic amines is 1. The number of nitroso groups, excluding NO2 is 1. The predicted molar refractivity (Wildman–Crippen MR) is 66.8 cm³/mol. The van der Waals surface area contributed by atoms with Crippen LogP contribution >= 0.6 is 0 Å². The highest BCUT2D eigenvalue weighted by atomic mass is 16.4. The minimum atomic E-state index is -1.00. The normalized spacial score (nSPS) is 11.1. The molecule has 0 fully saturated rings. The molecule has 1 aromatic carbocycles. The Kier molecular flexibility index (Phi) is 5.36. The molecule has 0 spiro atoms. The summed E-state index contributed by atoms with van der Waals surface area (Å²) < 4.78 is 1.40. The highest BCUT2D eigenvalue weighted by Gasteiger charge is 2.27. The number of hydrogen-bond acceptors (Lipinski definition) is 4. The molecule has 7 nitrogen and oxygen atoms in total. The Hall–Kier alpha value is -2.54. The standard InChI is InChI=1S/C11H9N3O3.CH4O/c15-11(16)10(8-4-2-1-3-5-8)14-6-9(13-17)12-7-14;1-2/h1-7,10H,(H,15,16);2H,1H3/p+1.